The summed E-state index contributed by atoms with van der Waals surface area (Å²) in [7, 11) is 1.81. The summed E-state index contributed by atoms with van der Waals surface area (Å²) in [5.74, 6) is 0.419. The van der Waals surface area contributed by atoms with E-state index in [1.165, 1.54) is 5.56 Å². The van der Waals surface area contributed by atoms with Crippen molar-refractivity contribution in [1.29, 1.82) is 5.26 Å². The molecule has 1 saturated heterocycles. The number of hydrogen-bond acceptors (Lipinski definition) is 5. The number of nitrogens with one attached hydrogen (secondary N) is 1. The van der Waals surface area contributed by atoms with Gasteiger partial charge in [-0.05, 0) is 66.1 Å². The molecule has 9 heteroatoms. The highest BCUT2D eigenvalue weighted by Gasteiger charge is 2.40. The van der Waals surface area contributed by atoms with Crippen LogP contribution in [0.5, 0.6) is 5.75 Å². The summed E-state index contributed by atoms with van der Waals surface area (Å²) in [6.45, 7) is 1.92. The van der Waals surface area contributed by atoms with E-state index in [1.807, 2.05) is 61.6 Å². The molecule has 0 unspecified atom stereocenters. The topological polar surface area (TPSA) is 85.7 Å². The van der Waals surface area contributed by atoms with Gasteiger partial charge in [-0.15, -0.1) is 0 Å². The number of rotatable bonds is 11. The maximum absolute atomic E-state index is 14.1. The Balaban J connectivity index is 1.33. The van der Waals surface area contributed by atoms with Gasteiger partial charge in [-0.1, -0.05) is 77.8 Å². The van der Waals surface area contributed by atoms with E-state index in [0.717, 1.165) is 29.5 Å². The van der Waals surface area contributed by atoms with Gasteiger partial charge >= 0.3 is 0 Å². The van der Waals surface area contributed by atoms with Crippen LogP contribution >= 0.6 is 23.2 Å². The van der Waals surface area contributed by atoms with Crippen LogP contribution in [0.4, 0.5) is 0 Å². The normalized spacial score (nSPS) is 17.6. The van der Waals surface area contributed by atoms with Crippen LogP contribution in [0.25, 0.3) is 5.57 Å². The highest BCUT2D eigenvalue weighted by molar-refractivity contribution is 6.32. The van der Waals surface area contributed by atoms with Crippen molar-refractivity contribution >= 4 is 40.6 Å². The Morgan fingerprint density at radius 3 is 2.45 bits per heavy atom. The fraction of sp³-hybridized carbons (Fsp3) is 0.343. The van der Waals surface area contributed by atoms with Crippen LogP contribution in [-0.2, 0) is 22.4 Å². The fourth-order valence-corrected chi connectivity index (χ4v) is 6.36. The van der Waals surface area contributed by atoms with Gasteiger partial charge in [-0.25, -0.2) is 0 Å². The van der Waals surface area contributed by atoms with Crippen LogP contribution in [0.15, 0.2) is 78.4 Å². The molecule has 1 N–H and O–H groups in total. The van der Waals surface area contributed by atoms with Crippen molar-refractivity contribution in [3.8, 4) is 11.8 Å². The molecule has 2 heterocycles. The molecule has 2 amide bonds. The number of benzene rings is 3. The average Bonchev–Trinajstić information content (AvgIpc) is 3.03. The third kappa shape index (κ3) is 7.62. The van der Waals surface area contributed by atoms with Gasteiger partial charge in [0.2, 0.25) is 5.91 Å². The number of ether oxygens (including phenoxy) is 1. The van der Waals surface area contributed by atoms with E-state index in [2.05, 4.69) is 29.6 Å². The van der Waals surface area contributed by atoms with Gasteiger partial charge in [-0.3, -0.25) is 9.59 Å². The Morgan fingerprint density at radius 1 is 1.00 bits per heavy atom. The molecule has 0 aliphatic carbocycles. The van der Waals surface area contributed by atoms with Crippen molar-refractivity contribution in [1.82, 2.24) is 15.1 Å². The van der Waals surface area contributed by atoms with Crippen LogP contribution in [0.3, 0.4) is 0 Å². The van der Waals surface area contributed by atoms with Crippen LogP contribution in [0.2, 0.25) is 10.0 Å². The molecule has 228 valence electrons. The molecular weight excluding hydrogens is 595 g/mol. The van der Waals surface area contributed by atoms with Gasteiger partial charge in [0.15, 0.2) is 0 Å². The lowest BCUT2D eigenvalue weighted by atomic mass is 9.82. The zero-order chi connectivity index (χ0) is 31.1. The van der Waals surface area contributed by atoms with E-state index in [4.69, 9.17) is 33.2 Å². The molecule has 2 aliphatic rings. The number of likely N-dealkylation sites (N-methyl/N-ethyl adjacent to an activating group) is 1. The Bertz CT molecular complexity index is 1570. The number of amides is 2. The summed E-state index contributed by atoms with van der Waals surface area (Å²) in [5.41, 5.74) is 4.87. The highest BCUT2D eigenvalue weighted by Crippen LogP contribution is 2.34. The molecule has 3 aromatic carbocycles. The van der Waals surface area contributed by atoms with E-state index >= 15 is 0 Å². The van der Waals surface area contributed by atoms with Crippen LogP contribution in [-0.4, -0.2) is 67.0 Å². The van der Waals surface area contributed by atoms with E-state index in [0.29, 0.717) is 60.5 Å². The number of carbonyl (C=O) groups excluding carboxylic acids is 2. The summed E-state index contributed by atoms with van der Waals surface area (Å²) in [6, 6.07) is 25.2. The lowest BCUT2D eigenvalue weighted by Gasteiger charge is -2.44. The summed E-state index contributed by atoms with van der Waals surface area (Å²) in [4.78, 5) is 30.2. The molecule has 2 atom stereocenters. The molecule has 1 fully saturated rings. The van der Waals surface area contributed by atoms with E-state index < -0.39 is 0 Å². The molecule has 5 rings (SSSR count). The van der Waals surface area contributed by atoms with Crippen molar-refractivity contribution in [3.05, 3.63) is 105 Å². The van der Waals surface area contributed by atoms with Crippen molar-refractivity contribution in [2.75, 3.05) is 33.3 Å². The van der Waals surface area contributed by atoms with Gasteiger partial charge < -0.3 is 19.9 Å². The number of hydrogen-bond donors (Lipinski definition) is 1. The third-order valence-corrected chi connectivity index (χ3v) is 8.93. The maximum Gasteiger partial charge on any atom is 0.251 e. The first-order chi connectivity index (χ1) is 21.3. The van der Waals surface area contributed by atoms with Crippen molar-refractivity contribution in [2.45, 2.75) is 44.2 Å². The number of nitrogens with zero attached hydrogens (tertiary/aromatic N) is 3. The molecule has 3 aromatic rings. The summed E-state index contributed by atoms with van der Waals surface area (Å²) in [6.07, 6.45) is 2.77. The second-order valence-corrected chi connectivity index (χ2v) is 12.1. The summed E-state index contributed by atoms with van der Waals surface area (Å²) >= 11 is 12.6. The first-order valence-corrected chi connectivity index (χ1v) is 15.7. The minimum absolute atomic E-state index is 0.00184. The number of fused-ring (bicyclic) bond motifs is 2. The van der Waals surface area contributed by atoms with Gasteiger partial charge in [-0.2, -0.15) is 5.26 Å². The molecule has 0 spiro atoms. The molecule has 44 heavy (non-hydrogen) atoms. The molecular formula is C35H36Cl2N4O3. The summed E-state index contributed by atoms with van der Waals surface area (Å²) in [5, 5.41) is 14.0. The number of piperazine rings is 1. The first kappa shape index (κ1) is 31.6. The predicted octanol–water partition coefficient (Wildman–Crippen LogP) is 5.95. The molecule has 0 aromatic heterocycles. The minimum atomic E-state index is -0.322. The average molecular weight is 632 g/mol. The predicted molar refractivity (Wildman–Crippen MR) is 174 cm³/mol. The molecule has 2 bridgehead atoms. The standard InChI is InChI=1S/C35H36Cl2N4O3/c1-40(19-17-26-8-2-3-9-29(26)36)35(43)34-28(21-27-22-41(23-31(34)39-27)33(42)16-18-38)25-14-12-24(13-15-25)7-6-20-44-32-11-5-4-10-30(32)37/h2-5,8-15,27,31,39H,6-7,16-17,19-23H2,1H3/t27-,31-/m1/s1. The highest BCUT2D eigenvalue weighted by atomic mass is 35.5. The van der Waals surface area contributed by atoms with Crippen LogP contribution in [0.1, 0.15) is 36.0 Å². The smallest absolute Gasteiger partial charge is 0.251 e. The third-order valence-electron chi connectivity index (χ3n) is 8.25. The molecule has 2 aliphatic heterocycles. The lowest BCUT2D eigenvalue weighted by Crippen LogP contribution is -2.62. The molecule has 0 radical (unpaired) electrons. The first-order valence-electron chi connectivity index (χ1n) is 14.9. The monoisotopic (exact) mass is 630 g/mol. The van der Waals surface area contributed by atoms with Crippen molar-refractivity contribution in [2.24, 2.45) is 0 Å². The van der Waals surface area contributed by atoms with Crippen molar-refractivity contribution < 1.29 is 14.3 Å². The largest absolute Gasteiger partial charge is 0.492 e. The lowest BCUT2D eigenvalue weighted by molar-refractivity contribution is -0.133. The minimum Gasteiger partial charge on any atom is -0.492 e. The Kier molecular flexibility index (Phi) is 10.6. The second-order valence-electron chi connectivity index (χ2n) is 11.3. The zero-order valence-electron chi connectivity index (χ0n) is 24.8. The number of aryl methyl sites for hydroxylation is 1. The fourth-order valence-electron chi connectivity index (χ4n) is 5.94. The van der Waals surface area contributed by atoms with Gasteiger partial charge in [0.1, 0.15) is 12.2 Å². The second kappa shape index (κ2) is 14.8. The zero-order valence-corrected chi connectivity index (χ0v) is 26.3. The summed E-state index contributed by atoms with van der Waals surface area (Å²) < 4.78 is 5.84. The number of nitriles is 1. The van der Waals surface area contributed by atoms with Crippen LogP contribution < -0.4 is 10.1 Å². The number of halogens is 2. The Morgan fingerprint density at radius 2 is 1.73 bits per heavy atom. The Hall–Kier alpha value is -3.83. The van der Waals surface area contributed by atoms with Gasteiger partial charge in [0.25, 0.3) is 5.91 Å². The number of carbonyl (C=O) groups is 2. The van der Waals surface area contributed by atoms with Crippen molar-refractivity contribution in [3.63, 3.8) is 0 Å². The maximum atomic E-state index is 14.1. The van der Waals surface area contributed by atoms with E-state index in [1.54, 1.807) is 9.80 Å². The SMILES string of the molecule is CN(CCc1ccccc1Cl)C(=O)C1=C(c2ccc(CCCOc3ccccc3Cl)cc2)C[C@@H]2CN(C(=O)CC#N)C[C@H]1N2. The molecule has 7 nitrogen and oxygen atoms in total. The van der Waals surface area contributed by atoms with E-state index in [9.17, 15) is 9.59 Å². The van der Waals surface area contributed by atoms with Crippen LogP contribution in [0, 0.1) is 11.3 Å². The quantitative estimate of drug-likeness (QED) is 0.265. The van der Waals surface area contributed by atoms with E-state index in [-0.39, 0.29) is 30.3 Å². The molecule has 0 saturated carbocycles. The van der Waals surface area contributed by atoms with Gasteiger partial charge in [0.05, 0.1) is 23.7 Å². The van der Waals surface area contributed by atoms with Gasteiger partial charge in [0, 0.05) is 43.3 Å². The number of para-hydroxylation sites is 1. The Labute approximate surface area is 269 Å².